The normalized spacial score (nSPS) is 20.1. The van der Waals surface area contributed by atoms with Gasteiger partial charge in [0.25, 0.3) is 11.8 Å². The Kier molecular flexibility index (Phi) is 2.38. The maximum Gasteiger partial charge on any atom is 0.259 e. The highest BCUT2D eigenvalue weighted by molar-refractivity contribution is 6.21. The molecular weight excluding hydrogens is 232 g/mol. The number of carbonyl (C=O) groups excluding carboxylic acids is 2. The first kappa shape index (κ1) is 11.2. The van der Waals surface area contributed by atoms with Crippen molar-refractivity contribution in [2.75, 3.05) is 25.1 Å². The van der Waals surface area contributed by atoms with Crippen molar-refractivity contribution in [1.29, 1.82) is 0 Å². The highest BCUT2D eigenvalue weighted by atomic mass is 16.5. The number of benzene rings is 1. The third-order valence-corrected chi connectivity index (χ3v) is 3.36. The van der Waals surface area contributed by atoms with Crippen molar-refractivity contribution in [1.82, 2.24) is 5.32 Å². The van der Waals surface area contributed by atoms with Crippen LogP contribution in [-0.4, -0.2) is 31.6 Å². The van der Waals surface area contributed by atoms with Gasteiger partial charge in [-0.15, -0.1) is 0 Å². The Morgan fingerprint density at radius 3 is 2.67 bits per heavy atom. The summed E-state index contributed by atoms with van der Waals surface area (Å²) in [6.07, 6.45) is 0. The number of fused-ring (bicyclic) bond motifs is 1. The molecule has 0 atom stereocenters. The standard InChI is InChI=1S/C13H14N2O3/c1-13(6-18-7-13)5-14-8-2-3-9-10(4-8)12(17)15-11(9)16/h2-4,14H,5-7H2,1H3,(H,15,16,17). The fourth-order valence-corrected chi connectivity index (χ4v) is 2.15. The molecule has 3 rings (SSSR count). The molecule has 18 heavy (non-hydrogen) atoms. The quantitative estimate of drug-likeness (QED) is 0.781. The molecule has 0 saturated carbocycles. The molecule has 0 unspecified atom stereocenters. The minimum absolute atomic E-state index is 0.164. The van der Waals surface area contributed by atoms with Crippen molar-refractivity contribution in [3.8, 4) is 0 Å². The van der Waals surface area contributed by atoms with E-state index in [-0.39, 0.29) is 17.2 Å². The van der Waals surface area contributed by atoms with Crippen LogP contribution < -0.4 is 10.6 Å². The van der Waals surface area contributed by atoms with Crippen molar-refractivity contribution in [3.05, 3.63) is 29.3 Å². The van der Waals surface area contributed by atoms with Crippen LogP contribution in [0, 0.1) is 5.41 Å². The molecule has 5 nitrogen and oxygen atoms in total. The highest BCUT2D eigenvalue weighted by Gasteiger charge is 2.33. The SMILES string of the molecule is CC1(CNc2ccc3c(c2)C(=O)NC3=O)COC1. The second kappa shape index (κ2) is 3.81. The molecule has 1 fully saturated rings. The van der Waals surface area contributed by atoms with Gasteiger partial charge >= 0.3 is 0 Å². The minimum atomic E-state index is -0.322. The van der Waals surface area contributed by atoms with Gasteiger partial charge in [-0.1, -0.05) is 6.92 Å². The lowest BCUT2D eigenvalue weighted by Crippen LogP contribution is -2.45. The van der Waals surface area contributed by atoms with Crippen LogP contribution >= 0.6 is 0 Å². The summed E-state index contributed by atoms with van der Waals surface area (Å²) in [5, 5.41) is 5.56. The van der Waals surface area contributed by atoms with Crippen molar-refractivity contribution < 1.29 is 14.3 Å². The lowest BCUT2D eigenvalue weighted by atomic mass is 9.88. The van der Waals surface area contributed by atoms with Gasteiger partial charge in [0, 0.05) is 17.6 Å². The number of ether oxygens (including phenoxy) is 1. The number of anilines is 1. The van der Waals surface area contributed by atoms with E-state index in [9.17, 15) is 9.59 Å². The first-order chi connectivity index (χ1) is 8.57. The molecule has 2 heterocycles. The molecule has 0 radical (unpaired) electrons. The number of hydrogen-bond donors (Lipinski definition) is 2. The van der Waals surface area contributed by atoms with Crippen LogP contribution in [0.4, 0.5) is 5.69 Å². The molecule has 0 spiro atoms. The third kappa shape index (κ3) is 1.76. The Hall–Kier alpha value is -1.88. The zero-order valence-corrected chi connectivity index (χ0v) is 10.1. The first-order valence-corrected chi connectivity index (χ1v) is 5.89. The highest BCUT2D eigenvalue weighted by Crippen LogP contribution is 2.27. The van der Waals surface area contributed by atoms with Crippen LogP contribution in [0.15, 0.2) is 18.2 Å². The number of hydrogen-bond acceptors (Lipinski definition) is 4. The summed E-state index contributed by atoms with van der Waals surface area (Å²) in [7, 11) is 0. The molecule has 0 aliphatic carbocycles. The molecule has 94 valence electrons. The van der Waals surface area contributed by atoms with E-state index in [2.05, 4.69) is 17.6 Å². The molecule has 2 aliphatic heterocycles. The fraction of sp³-hybridized carbons (Fsp3) is 0.385. The molecule has 1 aromatic carbocycles. The molecule has 5 heteroatoms. The van der Waals surface area contributed by atoms with E-state index in [1.165, 1.54) is 0 Å². The number of nitrogens with one attached hydrogen (secondary N) is 2. The smallest absolute Gasteiger partial charge is 0.259 e. The second-order valence-electron chi connectivity index (χ2n) is 5.20. The lowest BCUT2D eigenvalue weighted by molar-refractivity contribution is -0.0924. The summed E-state index contributed by atoms with van der Waals surface area (Å²) in [5.41, 5.74) is 1.91. The van der Waals surface area contributed by atoms with E-state index < -0.39 is 0 Å². The maximum atomic E-state index is 11.5. The number of rotatable bonds is 3. The van der Waals surface area contributed by atoms with Crippen molar-refractivity contribution in [3.63, 3.8) is 0 Å². The minimum Gasteiger partial charge on any atom is -0.384 e. The van der Waals surface area contributed by atoms with Gasteiger partial charge in [-0.2, -0.15) is 0 Å². The summed E-state index contributed by atoms with van der Waals surface area (Å²) in [6.45, 7) is 4.45. The summed E-state index contributed by atoms with van der Waals surface area (Å²) in [5.74, 6) is -0.641. The Bertz CT molecular complexity index is 535. The van der Waals surface area contributed by atoms with E-state index >= 15 is 0 Å². The van der Waals surface area contributed by atoms with Crippen LogP contribution in [-0.2, 0) is 4.74 Å². The predicted octanol–water partition coefficient (Wildman–Crippen LogP) is 1.02. The van der Waals surface area contributed by atoms with Gasteiger partial charge in [0.05, 0.1) is 24.3 Å². The Morgan fingerprint density at radius 1 is 1.28 bits per heavy atom. The molecular formula is C13H14N2O3. The van der Waals surface area contributed by atoms with E-state index in [0.717, 1.165) is 25.4 Å². The summed E-state index contributed by atoms with van der Waals surface area (Å²) < 4.78 is 5.18. The summed E-state index contributed by atoms with van der Waals surface area (Å²) >= 11 is 0. The summed E-state index contributed by atoms with van der Waals surface area (Å²) in [6, 6.07) is 5.22. The van der Waals surface area contributed by atoms with Gasteiger partial charge in [0.15, 0.2) is 0 Å². The Morgan fingerprint density at radius 2 is 2.00 bits per heavy atom. The zero-order chi connectivity index (χ0) is 12.8. The van der Waals surface area contributed by atoms with Gasteiger partial charge < -0.3 is 10.1 Å². The maximum absolute atomic E-state index is 11.5. The number of amides is 2. The molecule has 2 aliphatic rings. The first-order valence-electron chi connectivity index (χ1n) is 5.89. The largest absolute Gasteiger partial charge is 0.384 e. The van der Waals surface area contributed by atoms with E-state index in [4.69, 9.17) is 4.74 Å². The van der Waals surface area contributed by atoms with Crippen LogP contribution in [0.1, 0.15) is 27.6 Å². The third-order valence-electron chi connectivity index (χ3n) is 3.36. The van der Waals surface area contributed by atoms with Crippen molar-refractivity contribution >= 4 is 17.5 Å². The van der Waals surface area contributed by atoms with Crippen molar-refractivity contribution in [2.45, 2.75) is 6.92 Å². The van der Waals surface area contributed by atoms with Gasteiger partial charge in [-0.25, -0.2) is 0 Å². The average molecular weight is 246 g/mol. The topological polar surface area (TPSA) is 67.4 Å². The lowest BCUT2D eigenvalue weighted by Gasteiger charge is -2.38. The Balaban J connectivity index is 1.76. The molecule has 2 amide bonds. The molecule has 0 aromatic heterocycles. The Labute approximate surface area is 105 Å². The molecule has 1 aromatic rings. The fourth-order valence-electron chi connectivity index (χ4n) is 2.15. The second-order valence-corrected chi connectivity index (χ2v) is 5.20. The monoisotopic (exact) mass is 246 g/mol. The van der Waals surface area contributed by atoms with Crippen molar-refractivity contribution in [2.24, 2.45) is 5.41 Å². The van der Waals surface area contributed by atoms with Gasteiger partial charge in [-0.05, 0) is 18.2 Å². The average Bonchev–Trinajstić information content (AvgIpc) is 2.60. The molecule has 2 N–H and O–H groups in total. The number of imide groups is 1. The van der Waals surface area contributed by atoms with Crippen LogP contribution in [0.3, 0.4) is 0 Å². The van der Waals surface area contributed by atoms with E-state index in [0.29, 0.717) is 11.1 Å². The van der Waals surface area contributed by atoms with Gasteiger partial charge in [0.2, 0.25) is 0 Å². The predicted molar refractivity (Wildman–Crippen MR) is 65.7 cm³/mol. The zero-order valence-electron chi connectivity index (χ0n) is 10.1. The number of carbonyl (C=O) groups is 2. The van der Waals surface area contributed by atoms with E-state index in [1.807, 2.05) is 6.07 Å². The molecule has 0 bridgehead atoms. The van der Waals surface area contributed by atoms with Crippen LogP contribution in [0.5, 0.6) is 0 Å². The van der Waals surface area contributed by atoms with Gasteiger partial charge in [0.1, 0.15) is 0 Å². The van der Waals surface area contributed by atoms with Crippen LogP contribution in [0.2, 0.25) is 0 Å². The van der Waals surface area contributed by atoms with Gasteiger partial charge in [-0.3, -0.25) is 14.9 Å². The molecule has 1 saturated heterocycles. The van der Waals surface area contributed by atoms with Crippen LogP contribution in [0.25, 0.3) is 0 Å². The van der Waals surface area contributed by atoms with E-state index in [1.54, 1.807) is 12.1 Å². The summed E-state index contributed by atoms with van der Waals surface area (Å²) in [4.78, 5) is 22.9.